The number of nitrogens with zero attached hydrogens (tertiary/aromatic N) is 3. The molecule has 0 aliphatic rings. The van der Waals surface area contributed by atoms with Gasteiger partial charge in [-0.25, -0.2) is 0 Å². The van der Waals surface area contributed by atoms with Gasteiger partial charge in [0.25, 0.3) is 11.8 Å². The summed E-state index contributed by atoms with van der Waals surface area (Å²) in [6.07, 6.45) is 0. The van der Waals surface area contributed by atoms with E-state index in [2.05, 4.69) is 20.6 Å². The molecule has 0 amide bonds. The number of aromatic nitrogens is 3. The van der Waals surface area contributed by atoms with E-state index in [1.165, 1.54) is 0 Å². The van der Waals surface area contributed by atoms with Crippen molar-refractivity contribution in [2.24, 2.45) is 0 Å². The quantitative estimate of drug-likeness (QED) is 0.790. The predicted octanol–water partition coefficient (Wildman–Crippen LogP) is 3.51. The molecule has 6 heteroatoms. The van der Waals surface area contributed by atoms with Crippen LogP contribution in [0.5, 0.6) is 0 Å². The fourth-order valence-corrected chi connectivity index (χ4v) is 2.35. The monoisotopic (exact) mass is 284 g/mol. The maximum Gasteiger partial charge on any atom is 0.264 e. The Balaban J connectivity index is 1.79. The minimum absolute atomic E-state index is 0.0162. The van der Waals surface area contributed by atoms with Gasteiger partial charge in [-0.2, -0.15) is 4.98 Å². The SMILES string of the molecule is Cc1noc(C)c1C(C)Nc1noc(-c2ccccc2)n1. The molecule has 108 valence electrons. The minimum atomic E-state index is -0.0162. The Hall–Kier alpha value is -2.63. The van der Waals surface area contributed by atoms with Crippen molar-refractivity contribution in [1.29, 1.82) is 0 Å². The zero-order valence-electron chi connectivity index (χ0n) is 12.1. The van der Waals surface area contributed by atoms with Gasteiger partial charge in [-0.1, -0.05) is 23.4 Å². The van der Waals surface area contributed by atoms with Crippen LogP contribution in [0.15, 0.2) is 39.4 Å². The lowest BCUT2D eigenvalue weighted by molar-refractivity contribution is 0.392. The van der Waals surface area contributed by atoms with E-state index in [1.54, 1.807) is 0 Å². The molecule has 1 atom stereocenters. The maximum absolute atomic E-state index is 5.27. The normalized spacial score (nSPS) is 12.3. The van der Waals surface area contributed by atoms with Crippen LogP contribution in [0.3, 0.4) is 0 Å². The molecule has 0 saturated carbocycles. The molecule has 2 aromatic heterocycles. The van der Waals surface area contributed by atoms with Gasteiger partial charge in [0.1, 0.15) is 5.76 Å². The van der Waals surface area contributed by atoms with E-state index in [4.69, 9.17) is 9.05 Å². The first kappa shape index (κ1) is 13.4. The van der Waals surface area contributed by atoms with Crippen molar-refractivity contribution in [2.45, 2.75) is 26.8 Å². The van der Waals surface area contributed by atoms with Gasteiger partial charge in [-0.3, -0.25) is 0 Å². The number of anilines is 1. The van der Waals surface area contributed by atoms with Crippen LogP contribution in [-0.2, 0) is 0 Å². The van der Waals surface area contributed by atoms with Gasteiger partial charge >= 0.3 is 0 Å². The molecule has 2 heterocycles. The van der Waals surface area contributed by atoms with Crippen LogP contribution in [-0.4, -0.2) is 15.3 Å². The third-order valence-electron chi connectivity index (χ3n) is 3.31. The average Bonchev–Trinajstić information content (AvgIpc) is 3.07. The number of benzene rings is 1. The van der Waals surface area contributed by atoms with E-state index in [0.717, 1.165) is 22.6 Å². The second-order valence-electron chi connectivity index (χ2n) is 4.89. The number of aryl methyl sites for hydroxylation is 2. The lowest BCUT2D eigenvalue weighted by Crippen LogP contribution is -2.09. The summed E-state index contributed by atoms with van der Waals surface area (Å²) in [5.41, 5.74) is 2.77. The standard InChI is InChI=1S/C15H16N4O2/c1-9(13-10(2)18-20-11(13)3)16-15-17-14(21-19-15)12-7-5-4-6-8-12/h4-9H,1-3H3,(H,16,19). The van der Waals surface area contributed by atoms with Crippen LogP contribution in [0, 0.1) is 13.8 Å². The average molecular weight is 284 g/mol. The Kier molecular flexibility index (Phi) is 3.43. The van der Waals surface area contributed by atoms with Crippen molar-refractivity contribution in [1.82, 2.24) is 15.3 Å². The highest BCUT2D eigenvalue weighted by molar-refractivity contribution is 5.53. The molecule has 6 nitrogen and oxygen atoms in total. The number of rotatable bonds is 4. The van der Waals surface area contributed by atoms with Crippen LogP contribution >= 0.6 is 0 Å². The number of hydrogen-bond acceptors (Lipinski definition) is 6. The molecule has 0 radical (unpaired) electrons. The number of nitrogens with one attached hydrogen (secondary N) is 1. The zero-order chi connectivity index (χ0) is 14.8. The van der Waals surface area contributed by atoms with Gasteiger partial charge in [0.05, 0.1) is 11.7 Å². The van der Waals surface area contributed by atoms with Crippen molar-refractivity contribution in [3.63, 3.8) is 0 Å². The summed E-state index contributed by atoms with van der Waals surface area (Å²) in [6, 6.07) is 9.64. The predicted molar refractivity (Wildman–Crippen MR) is 77.7 cm³/mol. The van der Waals surface area contributed by atoms with Crippen molar-refractivity contribution >= 4 is 5.95 Å². The van der Waals surface area contributed by atoms with E-state index < -0.39 is 0 Å². The second kappa shape index (κ2) is 5.40. The summed E-state index contributed by atoms with van der Waals surface area (Å²) in [7, 11) is 0. The summed E-state index contributed by atoms with van der Waals surface area (Å²) < 4.78 is 10.4. The highest BCUT2D eigenvalue weighted by Gasteiger charge is 2.18. The zero-order valence-corrected chi connectivity index (χ0v) is 12.1. The Morgan fingerprint density at radius 1 is 1.05 bits per heavy atom. The molecule has 21 heavy (non-hydrogen) atoms. The van der Waals surface area contributed by atoms with Crippen molar-refractivity contribution in [3.8, 4) is 11.5 Å². The van der Waals surface area contributed by atoms with Crippen LogP contribution in [0.1, 0.15) is 30.0 Å². The van der Waals surface area contributed by atoms with Crippen molar-refractivity contribution < 1.29 is 9.05 Å². The molecule has 0 bridgehead atoms. The van der Waals surface area contributed by atoms with Gasteiger partial charge in [0.15, 0.2) is 0 Å². The molecule has 0 saturated heterocycles. The lowest BCUT2D eigenvalue weighted by Gasteiger charge is -2.10. The lowest BCUT2D eigenvalue weighted by atomic mass is 10.1. The molecular weight excluding hydrogens is 268 g/mol. The topological polar surface area (TPSA) is 77.0 Å². The Morgan fingerprint density at radius 2 is 1.81 bits per heavy atom. The first-order valence-corrected chi connectivity index (χ1v) is 6.73. The first-order valence-electron chi connectivity index (χ1n) is 6.73. The first-order chi connectivity index (χ1) is 10.1. The molecule has 1 unspecified atom stereocenters. The van der Waals surface area contributed by atoms with Gasteiger partial charge in [-0.05, 0) is 38.1 Å². The molecule has 0 fully saturated rings. The summed E-state index contributed by atoms with van der Waals surface area (Å²) in [5, 5.41) is 11.1. The number of hydrogen-bond donors (Lipinski definition) is 1. The fourth-order valence-electron chi connectivity index (χ4n) is 2.35. The highest BCUT2D eigenvalue weighted by Crippen LogP contribution is 2.25. The van der Waals surface area contributed by atoms with Gasteiger partial charge in [0.2, 0.25) is 0 Å². The molecule has 3 aromatic rings. The smallest absolute Gasteiger partial charge is 0.264 e. The van der Waals surface area contributed by atoms with Crippen molar-refractivity contribution in [3.05, 3.63) is 47.3 Å². The van der Waals surface area contributed by atoms with Crippen LogP contribution < -0.4 is 5.32 Å². The highest BCUT2D eigenvalue weighted by atomic mass is 16.5. The van der Waals surface area contributed by atoms with Gasteiger partial charge in [-0.15, -0.1) is 0 Å². The summed E-state index contributed by atoms with van der Waals surface area (Å²) in [4.78, 5) is 4.35. The van der Waals surface area contributed by atoms with E-state index in [9.17, 15) is 0 Å². The second-order valence-corrected chi connectivity index (χ2v) is 4.89. The van der Waals surface area contributed by atoms with Crippen LogP contribution in [0.4, 0.5) is 5.95 Å². The van der Waals surface area contributed by atoms with E-state index >= 15 is 0 Å². The minimum Gasteiger partial charge on any atom is -0.361 e. The molecule has 0 aliphatic heterocycles. The molecule has 0 spiro atoms. The van der Waals surface area contributed by atoms with Gasteiger partial charge < -0.3 is 14.4 Å². The Bertz CT molecular complexity index is 714. The maximum atomic E-state index is 5.27. The van der Waals surface area contributed by atoms with E-state index in [-0.39, 0.29) is 6.04 Å². The van der Waals surface area contributed by atoms with E-state index in [0.29, 0.717) is 11.8 Å². The van der Waals surface area contributed by atoms with Crippen molar-refractivity contribution in [2.75, 3.05) is 5.32 Å². The Labute approximate surface area is 122 Å². The molecule has 3 rings (SSSR count). The van der Waals surface area contributed by atoms with E-state index in [1.807, 2.05) is 51.1 Å². The molecule has 1 N–H and O–H groups in total. The summed E-state index contributed by atoms with van der Waals surface area (Å²) in [5.74, 6) is 1.73. The molecule has 0 aliphatic carbocycles. The van der Waals surface area contributed by atoms with Crippen LogP contribution in [0.25, 0.3) is 11.5 Å². The fraction of sp³-hybridized carbons (Fsp3) is 0.267. The Morgan fingerprint density at radius 3 is 2.48 bits per heavy atom. The van der Waals surface area contributed by atoms with Crippen LogP contribution in [0.2, 0.25) is 0 Å². The molecular formula is C15H16N4O2. The summed E-state index contributed by atoms with van der Waals surface area (Å²) in [6.45, 7) is 5.81. The molecule has 1 aromatic carbocycles. The largest absolute Gasteiger partial charge is 0.361 e. The van der Waals surface area contributed by atoms with Gasteiger partial charge in [0, 0.05) is 11.1 Å². The summed E-state index contributed by atoms with van der Waals surface area (Å²) >= 11 is 0. The third-order valence-corrected chi connectivity index (χ3v) is 3.31. The third kappa shape index (κ3) is 2.65.